The van der Waals surface area contributed by atoms with Crippen molar-refractivity contribution in [1.29, 1.82) is 0 Å². The van der Waals surface area contributed by atoms with Gasteiger partial charge in [0.2, 0.25) is 0 Å². The minimum Gasteiger partial charge on any atom is -0.457 e. The Morgan fingerprint density at radius 2 is 1.63 bits per heavy atom. The average Bonchev–Trinajstić information content (AvgIpc) is 2.34. The SMILES string of the molecule is C.CN(C)Cc1ccccc1Oc1ccc(I)cc1. The Labute approximate surface area is 129 Å². The Bertz CT molecular complexity index is 508. The molecule has 2 aromatic carbocycles. The highest BCUT2D eigenvalue weighted by Crippen LogP contribution is 2.26. The zero-order valence-electron chi connectivity index (χ0n) is 10.6. The number of ether oxygens (including phenoxy) is 1. The molecule has 0 N–H and O–H groups in total. The molecule has 3 heteroatoms. The standard InChI is InChI=1S/C15H16INO.CH4/c1-17(2)11-12-5-3-4-6-15(12)18-14-9-7-13(16)8-10-14;/h3-10H,11H2,1-2H3;1H4. The maximum absolute atomic E-state index is 5.94. The molecular weight excluding hydrogens is 349 g/mol. The molecule has 0 saturated heterocycles. The summed E-state index contributed by atoms with van der Waals surface area (Å²) in [7, 11) is 4.11. The van der Waals surface area contributed by atoms with Crippen LogP contribution in [-0.2, 0) is 6.54 Å². The van der Waals surface area contributed by atoms with Crippen LogP contribution in [0, 0.1) is 3.57 Å². The van der Waals surface area contributed by atoms with Crippen LogP contribution in [0.1, 0.15) is 13.0 Å². The van der Waals surface area contributed by atoms with Gasteiger partial charge in [-0.2, -0.15) is 0 Å². The lowest BCUT2D eigenvalue weighted by molar-refractivity contribution is 0.388. The number of hydrogen-bond donors (Lipinski definition) is 0. The van der Waals surface area contributed by atoms with Crippen LogP contribution in [0.5, 0.6) is 11.5 Å². The lowest BCUT2D eigenvalue weighted by Gasteiger charge is -2.14. The van der Waals surface area contributed by atoms with E-state index >= 15 is 0 Å². The van der Waals surface area contributed by atoms with E-state index in [4.69, 9.17) is 4.74 Å². The van der Waals surface area contributed by atoms with Crippen molar-refractivity contribution in [3.05, 3.63) is 57.7 Å². The second kappa shape index (κ2) is 7.50. The summed E-state index contributed by atoms with van der Waals surface area (Å²) in [6, 6.07) is 16.2. The van der Waals surface area contributed by atoms with E-state index in [0.29, 0.717) is 0 Å². The first-order valence-electron chi connectivity index (χ1n) is 5.81. The van der Waals surface area contributed by atoms with E-state index in [1.165, 1.54) is 9.13 Å². The van der Waals surface area contributed by atoms with Crippen LogP contribution < -0.4 is 4.74 Å². The highest BCUT2D eigenvalue weighted by Gasteiger charge is 2.05. The van der Waals surface area contributed by atoms with Gasteiger partial charge in [-0.3, -0.25) is 0 Å². The molecule has 0 heterocycles. The highest BCUT2D eigenvalue weighted by molar-refractivity contribution is 14.1. The summed E-state index contributed by atoms with van der Waals surface area (Å²) in [4.78, 5) is 2.14. The van der Waals surface area contributed by atoms with Gasteiger partial charge in [0.25, 0.3) is 0 Å². The van der Waals surface area contributed by atoms with E-state index < -0.39 is 0 Å². The minimum atomic E-state index is 0. The molecule has 2 nitrogen and oxygen atoms in total. The smallest absolute Gasteiger partial charge is 0.131 e. The van der Waals surface area contributed by atoms with Crippen LogP contribution in [0.2, 0.25) is 0 Å². The van der Waals surface area contributed by atoms with E-state index in [0.717, 1.165) is 18.0 Å². The van der Waals surface area contributed by atoms with Gasteiger partial charge in [-0.25, -0.2) is 0 Å². The van der Waals surface area contributed by atoms with Gasteiger partial charge in [0.05, 0.1) is 0 Å². The van der Waals surface area contributed by atoms with Crippen molar-refractivity contribution in [2.24, 2.45) is 0 Å². The zero-order valence-corrected chi connectivity index (χ0v) is 12.7. The summed E-state index contributed by atoms with van der Waals surface area (Å²) in [6.45, 7) is 0.876. The monoisotopic (exact) mass is 369 g/mol. The van der Waals surface area contributed by atoms with Crippen molar-refractivity contribution in [3.8, 4) is 11.5 Å². The summed E-state index contributed by atoms with van der Waals surface area (Å²) in [5.74, 6) is 1.80. The quantitative estimate of drug-likeness (QED) is 0.720. The molecule has 0 aromatic heterocycles. The lowest BCUT2D eigenvalue weighted by Crippen LogP contribution is -2.11. The van der Waals surface area contributed by atoms with Gasteiger partial charge < -0.3 is 9.64 Å². The number of halogens is 1. The largest absolute Gasteiger partial charge is 0.457 e. The van der Waals surface area contributed by atoms with Crippen LogP contribution in [0.4, 0.5) is 0 Å². The second-order valence-electron chi connectivity index (χ2n) is 4.40. The van der Waals surface area contributed by atoms with E-state index in [1.807, 2.05) is 42.5 Å². The van der Waals surface area contributed by atoms with Gasteiger partial charge in [0, 0.05) is 15.7 Å². The molecule has 2 aromatic rings. The van der Waals surface area contributed by atoms with Crippen LogP contribution >= 0.6 is 22.6 Å². The Balaban J connectivity index is 0.00000180. The summed E-state index contributed by atoms with van der Waals surface area (Å²) >= 11 is 2.29. The van der Waals surface area contributed by atoms with Gasteiger partial charge in [0.1, 0.15) is 11.5 Å². The Morgan fingerprint density at radius 1 is 1.00 bits per heavy atom. The van der Waals surface area contributed by atoms with E-state index in [2.05, 4.69) is 47.7 Å². The molecule has 19 heavy (non-hydrogen) atoms. The molecule has 0 atom stereocenters. The number of rotatable bonds is 4. The van der Waals surface area contributed by atoms with E-state index in [-0.39, 0.29) is 7.43 Å². The predicted octanol–water partition coefficient (Wildman–Crippen LogP) is 4.78. The molecular formula is C16H20INO. The van der Waals surface area contributed by atoms with Crippen LogP contribution in [0.3, 0.4) is 0 Å². The zero-order chi connectivity index (χ0) is 13.0. The first kappa shape index (κ1) is 16.0. The van der Waals surface area contributed by atoms with Crippen LogP contribution in [0.15, 0.2) is 48.5 Å². The summed E-state index contributed by atoms with van der Waals surface area (Å²) in [5.41, 5.74) is 1.20. The maximum Gasteiger partial charge on any atom is 0.131 e. The fraction of sp³-hybridized carbons (Fsp3) is 0.250. The van der Waals surface area contributed by atoms with E-state index in [1.54, 1.807) is 0 Å². The first-order valence-corrected chi connectivity index (χ1v) is 6.89. The lowest BCUT2D eigenvalue weighted by atomic mass is 10.2. The van der Waals surface area contributed by atoms with E-state index in [9.17, 15) is 0 Å². The molecule has 0 spiro atoms. The number of nitrogens with zero attached hydrogens (tertiary/aromatic N) is 1. The molecule has 0 amide bonds. The molecule has 0 aliphatic carbocycles. The topological polar surface area (TPSA) is 12.5 Å². The predicted molar refractivity (Wildman–Crippen MR) is 89.8 cm³/mol. The van der Waals surface area contributed by atoms with Crippen LogP contribution in [-0.4, -0.2) is 19.0 Å². The molecule has 0 aliphatic heterocycles. The average molecular weight is 369 g/mol. The summed E-state index contributed by atoms with van der Waals surface area (Å²) in [5, 5.41) is 0. The van der Waals surface area contributed by atoms with Crippen molar-refractivity contribution in [2.75, 3.05) is 14.1 Å². The number of hydrogen-bond acceptors (Lipinski definition) is 2. The normalized spacial score (nSPS) is 10.1. The molecule has 0 bridgehead atoms. The Hall–Kier alpha value is -1.07. The third-order valence-electron chi connectivity index (χ3n) is 2.50. The number of para-hydroxylation sites is 1. The van der Waals surface area contributed by atoms with Crippen molar-refractivity contribution < 1.29 is 4.74 Å². The maximum atomic E-state index is 5.94. The highest BCUT2D eigenvalue weighted by atomic mass is 127. The molecule has 0 saturated carbocycles. The van der Waals surface area contributed by atoms with Gasteiger partial charge in [0.15, 0.2) is 0 Å². The van der Waals surface area contributed by atoms with Crippen LogP contribution in [0.25, 0.3) is 0 Å². The Kier molecular flexibility index (Phi) is 6.31. The van der Waals surface area contributed by atoms with Gasteiger partial charge >= 0.3 is 0 Å². The third kappa shape index (κ3) is 4.84. The van der Waals surface area contributed by atoms with Gasteiger partial charge in [-0.05, 0) is 67.0 Å². The van der Waals surface area contributed by atoms with Crippen molar-refractivity contribution in [3.63, 3.8) is 0 Å². The summed E-state index contributed by atoms with van der Waals surface area (Å²) in [6.07, 6.45) is 0. The molecule has 0 aliphatic rings. The minimum absolute atomic E-state index is 0. The van der Waals surface area contributed by atoms with Crippen molar-refractivity contribution in [1.82, 2.24) is 4.90 Å². The van der Waals surface area contributed by atoms with Crippen molar-refractivity contribution in [2.45, 2.75) is 14.0 Å². The Morgan fingerprint density at radius 3 is 2.26 bits per heavy atom. The molecule has 0 radical (unpaired) electrons. The fourth-order valence-corrected chi connectivity index (χ4v) is 2.06. The van der Waals surface area contributed by atoms with Crippen molar-refractivity contribution >= 4 is 22.6 Å². The molecule has 102 valence electrons. The fourth-order valence-electron chi connectivity index (χ4n) is 1.70. The third-order valence-corrected chi connectivity index (χ3v) is 3.22. The second-order valence-corrected chi connectivity index (χ2v) is 5.65. The van der Waals surface area contributed by atoms with Gasteiger partial charge in [-0.1, -0.05) is 25.6 Å². The summed E-state index contributed by atoms with van der Waals surface area (Å²) < 4.78 is 7.15. The number of benzene rings is 2. The molecule has 0 unspecified atom stereocenters. The molecule has 0 fully saturated rings. The molecule has 2 rings (SSSR count). The first-order chi connectivity index (χ1) is 8.65. The van der Waals surface area contributed by atoms with Gasteiger partial charge in [-0.15, -0.1) is 0 Å².